The number of nitro benzene ring substituents is 1. The molecule has 9 nitrogen and oxygen atoms in total. The Morgan fingerprint density at radius 3 is 2.71 bits per heavy atom. The van der Waals surface area contributed by atoms with Crippen LogP contribution in [0.4, 0.5) is 11.4 Å². The number of para-hydroxylation sites is 1. The molecule has 0 atom stereocenters. The monoisotopic (exact) mass is 422 g/mol. The van der Waals surface area contributed by atoms with Crippen LogP contribution in [0, 0.1) is 16.0 Å². The molecule has 0 spiro atoms. The van der Waals surface area contributed by atoms with E-state index in [1.807, 2.05) is 0 Å². The number of nitrogens with one attached hydrogen (secondary N) is 1. The number of anilines is 1. The minimum atomic E-state index is -0.473. The van der Waals surface area contributed by atoms with Crippen molar-refractivity contribution in [3.63, 3.8) is 0 Å². The quantitative estimate of drug-likeness (QED) is 0.381. The SMILES string of the molecule is CCOC(=O)C1CCN(c2ccc([N+](=O)[O-])cc2-c2nc3ccccc3c(=O)[nH]2)CC1. The van der Waals surface area contributed by atoms with E-state index in [2.05, 4.69) is 14.9 Å². The first-order valence-electron chi connectivity index (χ1n) is 10.2. The average Bonchev–Trinajstić information content (AvgIpc) is 2.79. The smallest absolute Gasteiger partial charge is 0.309 e. The molecule has 0 unspecified atom stereocenters. The van der Waals surface area contributed by atoms with Crippen LogP contribution >= 0.6 is 0 Å². The second-order valence-electron chi connectivity index (χ2n) is 7.40. The summed E-state index contributed by atoms with van der Waals surface area (Å²) in [7, 11) is 0. The van der Waals surface area contributed by atoms with Gasteiger partial charge in [0.1, 0.15) is 5.82 Å². The molecule has 31 heavy (non-hydrogen) atoms. The Bertz CT molecular complexity index is 1200. The van der Waals surface area contributed by atoms with E-state index in [0.29, 0.717) is 49.0 Å². The minimum Gasteiger partial charge on any atom is -0.466 e. The molecule has 1 N–H and O–H groups in total. The van der Waals surface area contributed by atoms with Crippen LogP contribution in [0.15, 0.2) is 47.3 Å². The molecule has 1 aromatic heterocycles. The number of nitro groups is 1. The molecule has 1 saturated heterocycles. The summed E-state index contributed by atoms with van der Waals surface area (Å²) in [6.45, 7) is 3.32. The average molecular weight is 422 g/mol. The van der Waals surface area contributed by atoms with Crippen molar-refractivity contribution >= 4 is 28.2 Å². The highest BCUT2D eigenvalue weighted by Gasteiger charge is 2.28. The van der Waals surface area contributed by atoms with E-state index in [-0.39, 0.29) is 29.0 Å². The van der Waals surface area contributed by atoms with Gasteiger partial charge in [-0.25, -0.2) is 4.98 Å². The zero-order valence-electron chi connectivity index (χ0n) is 17.0. The zero-order chi connectivity index (χ0) is 22.0. The summed E-state index contributed by atoms with van der Waals surface area (Å²) in [5.41, 5.74) is 1.33. The molecule has 9 heteroatoms. The minimum absolute atomic E-state index is 0.0871. The maximum Gasteiger partial charge on any atom is 0.309 e. The summed E-state index contributed by atoms with van der Waals surface area (Å²) in [6, 6.07) is 11.5. The zero-order valence-corrected chi connectivity index (χ0v) is 17.0. The lowest BCUT2D eigenvalue weighted by Crippen LogP contribution is -2.37. The van der Waals surface area contributed by atoms with Crippen molar-refractivity contribution in [3.8, 4) is 11.4 Å². The summed E-state index contributed by atoms with van der Waals surface area (Å²) in [5, 5.41) is 11.8. The number of H-pyrrole nitrogens is 1. The molecule has 0 bridgehead atoms. The summed E-state index contributed by atoms with van der Waals surface area (Å²) in [6.07, 6.45) is 1.24. The maximum absolute atomic E-state index is 12.6. The fourth-order valence-electron chi connectivity index (χ4n) is 3.93. The van der Waals surface area contributed by atoms with Gasteiger partial charge >= 0.3 is 5.97 Å². The van der Waals surface area contributed by atoms with Crippen molar-refractivity contribution in [2.24, 2.45) is 5.92 Å². The van der Waals surface area contributed by atoms with Gasteiger partial charge in [-0.1, -0.05) is 12.1 Å². The highest BCUT2D eigenvalue weighted by atomic mass is 16.6. The molecule has 2 heterocycles. The fraction of sp³-hybridized carbons (Fsp3) is 0.318. The van der Waals surface area contributed by atoms with Crippen molar-refractivity contribution in [1.82, 2.24) is 9.97 Å². The third-order valence-corrected chi connectivity index (χ3v) is 5.51. The maximum atomic E-state index is 12.6. The number of non-ortho nitro benzene ring substituents is 1. The first-order valence-corrected chi connectivity index (χ1v) is 10.2. The van der Waals surface area contributed by atoms with Crippen molar-refractivity contribution < 1.29 is 14.5 Å². The molecule has 0 aliphatic carbocycles. The second-order valence-corrected chi connectivity index (χ2v) is 7.40. The lowest BCUT2D eigenvalue weighted by Gasteiger charge is -2.33. The van der Waals surface area contributed by atoms with Crippen molar-refractivity contribution in [1.29, 1.82) is 0 Å². The number of rotatable bonds is 5. The van der Waals surface area contributed by atoms with Crippen LogP contribution < -0.4 is 10.5 Å². The predicted molar refractivity (Wildman–Crippen MR) is 116 cm³/mol. The largest absolute Gasteiger partial charge is 0.466 e. The lowest BCUT2D eigenvalue weighted by molar-refractivity contribution is -0.384. The van der Waals surface area contributed by atoms with Crippen LogP contribution in [0.3, 0.4) is 0 Å². The summed E-state index contributed by atoms with van der Waals surface area (Å²) < 4.78 is 5.13. The number of carbonyl (C=O) groups excluding carboxylic acids is 1. The molecule has 0 radical (unpaired) electrons. The first kappa shape index (κ1) is 20.5. The van der Waals surface area contributed by atoms with E-state index in [1.54, 1.807) is 37.3 Å². The van der Waals surface area contributed by atoms with Crippen LogP contribution in [0.25, 0.3) is 22.3 Å². The van der Waals surface area contributed by atoms with E-state index in [4.69, 9.17) is 4.74 Å². The van der Waals surface area contributed by atoms with E-state index in [1.165, 1.54) is 12.1 Å². The van der Waals surface area contributed by atoms with Gasteiger partial charge in [0.15, 0.2) is 0 Å². The van der Waals surface area contributed by atoms with Gasteiger partial charge in [0.2, 0.25) is 0 Å². The van der Waals surface area contributed by atoms with Crippen LogP contribution in [-0.2, 0) is 9.53 Å². The van der Waals surface area contributed by atoms with E-state index in [9.17, 15) is 19.7 Å². The highest BCUT2D eigenvalue weighted by Crippen LogP contribution is 2.35. The standard InChI is InChI=1S/C22H22N4O5/c1-2-31-22(28)14-9-11-25(12-10-14)19-8-7-15(26(29)30)13-17(19)20-23-18-6-4-3-5-16(18)21(27)24-20/h3-8,13-14H,2,9-12H2,1H3,(H,23,24,27). The number of piperidine rings is 1. The number of carbonyl (C=O) groups is 1. The fourth-order valence-corrected chi connectivity index (χ4v) is 3.93. The molecule has 160 valence electrons. The Labute approximate surface area is 177 Å². The van der Waals surface area contributed by atoms with E-state index < -0.39 is 4.92 Å². The number of esters is 1. The van der Waals surface area contributed by atoms with Crippen LogP contribution in [0.2, 0.25) is 0 Å². The Balaban J connectivity index is 1.73. The molecule has 0 saturated carbocycles. The second kappa shape index (κ2) is 8.55. The molecule has 2 aromatic carbocycles. The van der Waals surface area contributed by atoms with Gasteiger partial charge in [0, 0.05) is 36.5 Å². The summed E-state index contributed by atoms with van der Waals surface area (Å²) >= 11 is 0. The van der Waals surface area contributed by atoms with Gasteiger partial charge in [-0.05, 0) is 38.0 Å². The number of ether oxygens (including phenoxy) is 1. The number of aromatic amines is 1. The number of hydrogen-bond donors (Lipinski definition) is 1. The number of fused-ring (bicyclic) bond motifs is 1. The first-order chi connectivity index (χ1) is 15.0. The van der Waals surface area contributed by atoms with Crippen LogP contribution in [0.1, 0.15) is 19.8 Å². The molecule has 3 aromatic rings. The number of aromatic nitrogens is 2. The molecule has 1 aliphatic heterocycles. The molecular formula is C22H22N4O5. The highest BCUT2D eigenvalue weighted by molar-refractivity contribution is 5.83. The van der Waals surface area contributed by atoms with Gasteiger partial charge in [0.25, 0.3) is 11.2 Å². The van der Waals surface area contributed by atoms with Crippen LogP contribution in [0.5, 0.6) is 0 Å². The molecule has 1 fully saturated rings. The number of nitrogens with zero attached hydrogens (tertiary/aromatic N) is 3. The summed E-state index contributed by atoms with van der Waals surface area (Å²) in [4.78, 5) is 44.9. The number of hydrogen-bond acceptors (Lipinski definition) is 7. The Hall–Kier alpha value is -3.75. The van der Waals surface area contributed by atoms with Crippen molar-refractivity contribution in [3.05, 3.63) is 62.9 Å². The van der Waals surface area contributed by atoms with E-state index in [0.717, 1.165) is 5.69 Å². The van der Waals surface area contributed by atoms with Crippen molar-refractivity contribution in [2.45, 2.75) is 19.8 Å². The van der Waals surface area contributed by atoms with Gasteiger partial charge < -0.3 is 14.6 Å². The Kier molecular flexibility index (Phi) is 5.66. The van der Waals surface area contributed by atoms with Crippen LogP contribution in [-0.4, -0.2) is 40.6 Å². The Morgan fingerprint density at radius 1 is 1.26 bits per heavy atom. The lowest BCUT2D eigenvalue weighted by atomic mass is 9.96. The molecule has 0 amide bonds. The summed E-state index contributed by atoms with van der Waals surface area (Å²) in [5.74, 6) is -0.0715. The van der Waals surface area contributed by atoms with Gasteiger partial charge in [-0.3, -0.25) is 19.7 Å². The van der Waals surface area contributed by atoms with Gasteiger partial charge in [0.05, 0.1) is 28.4 Å². The molecule has 1 aliphatic rings. The number of benzene rings is 2. The van der Waals surface area contributed by atoms with Gasteiger partial charge in [-0.2, -0.15) is 0 Å². The Morgan fingerprint density at radius 2 is 2.00 bits per heavy atom. The van der Waals surface area contributed by atoms with Crippen molar-refractivity contribution in [2.75, 3.05) is 24.6 Å². The van der Waals surface area contributed by atoms with Gasteiger partial charge in [-0.15, -0.1) is 0 Å². The topological polar surface area (TPSA) is 118 Å². The third-order valence-electron chi connectivity index (χ3n) is 5.51. The molecule has 4 rings (SSSR count). The van der Waals surface area contributed by atoms with E-state index >= 15 is 0 Å². The normalized spacial score (nSPS) is 14.5. The third kappa shape index (κ3) is 4.11. The predicted octanol–water partition coefficient (Wildman–Crippen LogP) is 3.28. The molecular weight excluding hydrogens is 400 g/mol.